The normalized spacial score (nSPS) is 16.8. The van der Waals surface area contributed by atoms with Crippen molar-refractivity contribution in [3.8, 4) is 0 Å². The molecule has 4 heteroatoms. The van der Waals surface area contributed by atoms with E-state index in [1.807, 2.05) is 6.92 Å². The Hall–Kier alpha value is -0.160. The summed E-state index contributed by atoms with van der Waals surface area (Å²) in [5.41, 5.74) is 0. The van der Waals surface area contributed by atoms with E-state index in [9.17, 15) is 0 Å². The zero-order valence-corrected chi connectivity index (χ0v) is 8.64. The van der Waals surface area contributed by atoms with Crippen LogP contribution < -0.4 is 0 Å². The van der Waals surface area contributed by atoms with Crippen LogP contribution in [0.4, 0.5) is 0 Å². The van der Waals surface area contributed by atoms with E-state index >= 15 is 0 Å². The standard InChI is InChI=1S/C5H12O2.C4H10O2/c1-2-3-5(7)4-6;1-3(5)4(2)6/h5-7H,2-4H2,1H3;3-6H,1-2H3. The Bertz CT molecular complexity index is 87.6. The van der Waals surface area contributed by atoms with Gasteiger partial charge in [-0.05, 0) is 20.3 Å². The predicted molar refractivity (Wildman–Crippen MR) is 51.4 cm³/mol. The molecular formula is C9H22O4. The van der Waals surface area contributed by atoms with E-state index in [2.05, 4.69) is 0 Å². The van der Waals surface area contributed by atoms with Gasteiger partial charge in [0.05, 0.1) is 24.9 Å². The molecule has 0 aliphatic carbocycles. The highest BCUT2D eigenvalue weighted by Crippen LogP contribution is 1.92. The molecule has 0 aromatic rings. The first-order chi connectivity index (χ1) is 5.95. The van der Waals surface area contributed by atoms with Crippen molar-refractivity contribution in [2.45, 2.75) is 51.9 Å². The molecule has 4 nitrogen and oxygen atoms in total. The van der Waals surface area contributed by atoms with E-state index in [0.717, 1.165) is 6.42 Å². The second-order valence-electron chi connectivity index (χ2n) is 3.11. The molecule has 13 heavy (non-hydrogen) atoms. The summed E-state index contributed by atoms with van der Waals surface area (Å²) in [5, 5.41) is 33.6. The predicted octanol–water partition coefficient (Wildman–Crippen LogP) is -0.112. The van der Waals surface area contributed by atoms with Crippen LogP contribution in [0.3, 0.4) is 0 Å². The molecule has 0 saturated carbocycles. The zero-order chi connectivity index (χ0) is 10.9. The van der Waals surface area contributed by atoms with Crippen LogP contribution in [0.25, 0.3) is 0 Å². The van der Waals surface area contributed by atoms with Gasteiger partial charge in [0.25, 0.3) is 0 Å². The van der Waals surface area contributed by atoms with Crippen LogP contribution in [0.15, 0.2) is 0 Å². The smallest absolute Gasteiger partial charge is 0.0770 e. The molecule has 0 spiro atoms. The summed E-state index contributed by atoms with van der Waals surface area (Å²) in [4.78, 5) is 0. The highest BCUT2D eigenvalue weighted by Gasteiger charge is 1.99. The minimum Gasteiger partial charge on any atom is -0.394 e. The van der Waals surface area contributed by atoms with E-state index < -0.39 is 18.3 Å². The van der Waals surface area contributed by atoms with Crippen molar-refractivity contribution in [2.75, 3.05) is 6.61 Å². The molecule has 0 heterocycles. The lowest BCUT2D eigenvalue weighted by Gasteiger charge is -2.03. The minimum atomic E-state index is -0.593. The molecule has 3 atom stereocenters. The molecule has 0 amide bonds. The average molecular weight is 194 g/mol. The van der Waals surface area contributed by atoms with Gasteiger partial charge >= 0.3 is 0 Å². The van der Waals surface area contributed by atoms with Crippen molar-refractivity contribution >= 4 is 0 Å². The maximum atomic E-state index is 8.61. The number of hydrogen-bond acceptors (Lipinski definition) is 4. The highest BCUT2D eigenvalue weighted by molar-refractivity contribution is 4.51. The summed E-state index contributed by atoms with van der Waals surface area (Å²) in [6, 6.07) is 0. The van der Waals surface area contributed by atoms with E-state index in [1.54, 1.807) is 13.8 Å². The van der Waals surface area contributed by atoms with Gasteiger partial charge in [-0.1, -0.05) is 13.3 Å². The fraction of sp³-hybridized carbons (Fsp3) is 1.00. The first-order valence-corrected chi connectivity index (χ1v) is 4.60. The Kier molecular flexibility index (Phi) is 11.7. The monoisotopic (exact) mass is 194 g/mol. The third kappa shape index (κ3) is 14.7. The molecule has 4 N–H and O–H groups in total. The number of aliphatic hydroxyl groups excluding tert-OH is 4. The van der Waals surface area contributed by atoms with Crippen LogP contribution >= 0.6 is 0 Å². The van der Waals surface area contributed by atoms with Crippen LogP contribution in [0.1, 0.15) is 33.6 Å². The summed E-state index contributed by atoms with van der Waals surface area (Å²) in [5.74, 6) is 0. The number of hydrogen-bond donors (Lipinski definition) is 4. The first kappa shape index (κ1) is 15.3. The van der Waals surface area contributed by atoms with Crippen molar-refractivity contribution in [1.29, 1.82) is 0 Å². The summed E-state index contributed by atoms with van der Waals surface area (Å²) in [6.07, 6.45) is -0.0434. The van der Waals surface area contributed by atoms with Gasteiger partial charge in [-0.25, -0.2) is 0 Å². The molecule has 0 aliphatic rings. The second-order valence-corrected chi connectivity index (χ2v) is 3.11. The lowest BCUT2D eigenvalue weighted by atomic mass is 10.2. The Morgan fingerprint density at radius 3 is 1.46 bits per heavy atom. The average Bonchev–Trinajstić information content (AvgIpc) is 2.05. The fourth-order valence-electron chi connectivity index (χ4n) is 0.425. The summed E-state index contributed by atoms with van der Waals surface area (Å²) < 4.78 is 0. The molecule has 0 bridgehead atoms. The van der Waals surface area contributed by atoms with Gasteiger partial charge in [-0.15, -0.1) is 0 Å². The number of aliphatic hydroxyl groups is 4. The largest absolute Gasteiger partial charge is 0.394 e. The lowest BCUT2D eigenvalue weighted by Crippen LogP contribution is -2.17. The van der Waals surface area contributed by atoms with Crippen LogP contribution in [0.5, 0.6) is 0 Å². The Labute approximate surface area is 79.8 Å². The van der Waals surface area contributed by atoms with Gasteiger partial charge < -0.3 is 20.4 Å². The highest BCUT2D eigenvalue weighted by atomic mass is 16.3. The van der Waals surface area contributed by atoms with Crippen molar-refractivity contribution in [3.63, 3.8) is 0 Å². The van der Waals surface area contributed by atoms with Gasteiger partial charge in [0, 0.05) is 0 Å². The van der Waals surface area contributed by atoms with Gasteiger partial charge in [0.1, 0.15) is 0 Å². The Morgan fingerprint density at radius 2 is 1.38 bits per heavy atom. The zero-order valence-electron chi connectivity index (χ0n) is 8.64. The number of rotatable bonds is 4. The van der Waals surface area contributed by atoms with Gasteiger partial charge in [-0.3, -0.25) is 0 Å². The van der Waals surface area contributed by atoms with Crippen molar-refractivity contribution in [3.05, 3.63) is 0 Å². The topological polar surface area (TPSA) is 80.9 Å². The summed E-state index contributed by atoms with van der Waals surface area (Å²) >= 11 is 0. The Balaban J connectivity index is 0. The quantitative estimate of drug-likeness (QED) is 0.503. The van der Waals surface area contributed by atoms with Crippen LogP contribution in [0, 0.1) is 0 Å². The summed E-state index contributed by atoms with van der Waals surface area (Å²) in [6.45, 7) is 4.96. The maximum absolute atomic E-state index is 8.61. The molecule has 0 aromatic heterocycles. The third-order valence-electron chi connectivity index (χ3n) is 1.53. The van der Waals surface area contributed by atoms with Gasteiger partial charge in [0.2, 0.25) is 0 Å². The van der Waals surface area contributed by atoms with Crippen LogP contribution in [-0.2, 0) is 0 Å². The summed E-state index contributed by atoms with van der Waals surface area (Å²) in [7, 11) is 0. The SMILES string of the molecule is CC(O)C(C)O.CCCC(O)CO. The minimum absolute atomic E-state index is 0.103. The molecule has 0 aromatic carbocycles. The Morgan fingerprint density at radius 1 is 1.00 bits per heavy atom. The van der Waals surface area contributed by atoms with Crippen LogP contribution in [0.2, 0.25) is 0 Å². The van der Waals surface area contributed by atoms with Crippen molar-refractivity contribution < 1.29 is 20.4 Å². The maximum Gasteiger partial charge on any atom is 0.0770 e. The molecule has 0 radical (unpaired) electrons. The van der Waals surface area contributed by atoms with E-state index in [-0.39, 0.29) is 6.61 Å². The first-order valence-electron chi connectivity index (χ1n) is 4.60. The van der Waals surface area contributed by atoms with E-state index in [1.165, 1.54) is 0 Å². The third-order valence-corrected chi connectivity index (χ3v) is 1.53. The van der Waals surface area contributed by atoms with E-state index in [4.69, 9.17) is 20.4 Å². The molecule has 0 rings (SSSR count). The van der Waals surface area contributed by atoms with Gasteiger partial charge in [-0.2, -0.15) is 0 Å². The second kappa shape index (κ2) is 9.92. The molecule has 82 valence electrons. The van der Waals surface area contributed by atoms with Crippen molar-refractivity contribution in [1.82, 2.24) is 0 Å². The fourth-order valence-corrected chi connectivity index (χ4v) is 0.425. The molecule has 0 saturated heterocycles. The molecule has 3 unspecified atom stereocenters. The lowest BCUT2D eigenvalue weighted by molar-refractivity contribution is 0.0438. The molecule has 0 aliphatic heterocycles. The van der Waals surface area contributed by atoms with E-state index in [0.29, 0.717) is 6.42 Å². The molecule has 0 fully saturated rings. The van der Waals surface area contributed by atoms with Gasteiger partial charge in [0.15, 0.2) is 0 Å². The van der Waals surface area contributed by atoms with Crippen LogP contribution in [-0.4, -0.2) is 45.3 Å². The van der Waals surface area contributed by atoms with Crippen molar-refractivity contribution in [2.24, 2.45) is 0 Å². The molecular weight excluding hydrogens is 172 g/mol.